The molecule has 2 aromatic carbocycles. The number of carbonyl (C=O) groups is 1. The summed E-state index contributed by atoms with van der Waals surface area (Å²) in [4.78, 5) is 11.9. The lowest BCUT2D eigenvalue weighted by molar-refractivity contribution is -0.115. The van der Waals surface area contributed by atoms with Crippen molar-refractivity contribution in [1.29, 1.82) is 0 Å². The fourth-order valence-electron chi connectivity index (χ4n) is 1.84. The van der Waals surface area contributed by atoms with Gasteiger partial charge in [-0.2, -0.15) is 0 Å². The quantitative estimate of drug-likeness (QED) is 0.848. The highest BCUT2D eigenvalue weighted by Gasteiger charge is 2.12. The fraction of sp³-hybridized carbons (Fsp3) is 0.133. The Bertz CT molecular complexity index is 638. The van der Waals surface area contributed by atoms with Gasteiger partial charge in [0.15, 0.2) is 0 Å². The number of aryl methyl sites for hydroxylation is 1. The molecule has 2 aromatic rings. The lowest BCUT2D eigenvalue weighted by Gasteiger charge is -2.10. The third kappa shape index (κ3) is 3.27. The molecule has 0 atom stereocenters. The number of hydrogen-bond donors (Lipinski definition) is 2. The van der Waals surface area contributed by atoms with Crippen molar-refractivity contribution in [3.63, 3.8) is 0 Å². The van der Waals surface area contributed by atoms with Crippen molar-refractivity contribution >= 4 is 23.2 Å². The van der Waals surface area contributed by atoms with Crippen LogP contribution >= 0.6 is 11.6 Å². The minimum Gasteiger partial charge on any atom is -0.508 e. The average molecular weight is 294 g/mol. The Kier molecular flexibility index (Phi) is 4.25. The number of phenols is 1. The molecule has 2 rings (SSSR count). The Morgan fingerprint density at radius 2 is 2.10 bits per heavy atom. The summed E-state index contributed by atoms with van der Waals surface area (Å²) in [5.41, 5.74) is 1.46. The van der Waals surface area contributed by atoms with E-state index in [4.69, 9.17) is 11.6 Å². The molecule has 0 aliphatic heterocycles. The average Bonchev–Trinajstić information content (AvgIpc) is 2.37. The van der Waals surface area contributed by atoms with Gasteiger partial charge in [-0.3, -0.25) is 4.79 Å². The highest BCUT2D eigenvalue weighted by atomic mass is 35.5. The smallest absolute Gasteiger partial charge is 0.228 e. The van der Waals surface area contributed by atoms with Crippen LogP contribution in [0, 0.1) is 12.7 Å². The Labute approximate surface area is 121 Å². The van der Waals surface area contributed by atoms with Crippen LogP contribution in [-0.4, -0.2) is 11.0 Å². The fourth-order valence-corrected chi connectivity index (χ4v) is 2.07. The summed E-state index contributed by atoms with van der Waals surface area (Å²) < 4.78 is 13.6. The Morgan fingerprint density at radius 3 is 2.75 bits per heavy atom. The highest BCUT2D eigenvalue weighted by Crippen LogP contribution is 2.22. The van der Waals surface area contributed by atoms with Gasteiger partial charge >= 0.3 is 0 Å². The van der Waals surface area contributed by atoms with E-state index in [0.29, 0.717) is 5.69 Å². The van der Waals surface area contributed by atoms with E-state index in [9.17, 15) is 14.3 Å². The molecule has 0 aromatic heterocycles. The van der Waals surface area contributed by atoms with Crippen molar-refractivity contribution in [3.05, 3.63) is 58.4 Å². The normalized spacial score (nSPS) is 10.3. The van der Waals surface area contributed by atoms with Crippen LogP contribution in [0.5, 0.6) is 5.75 Å². The van der Waals surface area contributed by atoms with Crippen LogP contribution in [0.4, 0.5) is 10.1 Å². The van der Waals surface area contributed by atoms with E-state index in [1.165, 1.54) is 24.3 Å². The van der Waals surface area contributed by atoms with Gasteiger partial charge in [-0.15, -0.1) is 0 Å². The molecule has 0 radical (unpaired) electrons. The highest BCUT2D eigenvalue weighted by molar-refractivity contribution is 6.31. The van der Waals surface area contributed by atoms with Crippen molar-refractivity contribution in [3.8, 4) is 5.75 Å². The first-order chi connectivity index (χ1) is 9.47. The van der Waals surface area contributed by atoms with Crippen molar-refractivity contribution in [2.45, 2.75) is 13.3 Å². The van der Waals surface area contributed by atoms with E-state index < -0.39 is 5.82 Å². The molecule has 5 heteroatoms. The van der Waals surface area contributed by atoms with E-state index >= 15 is 0 Å². The predicted octanol–water partition coefficient (Wildman–Crippen LogP) is 3.67. The molecule has 0 saturated carbocycles. The van der Waals surface area contributed by atoms with Crippen LogP contribution in [0.15, 0.2) is 36.4 Å². The van der Waals surface area contributed by atoms with Gasteiger partial charge in [0.1, 0.15) is 11.6 Å². The zero-order valence-corrected chi connectivity index (χ0v) is 11.5. The summed E-state index contributed by atoms with van der Waals surface area (Å²) in [6.07, 6.45) is -0.147. The molecular weight excluding hydrogens is 281 g/mol. The maximum atomic E-state index is 13.6. The number of amides is 1. The molecule has 0 fully saturated rings. The van der Waals surface area contributed by atoms with Crippen LogP contribution in [0.25, 0.3) is 0 Å². The van der Waals surface area contributed by atoms with E-state index in [2.05, 4.69) is 5.32 Å². The Hall–Kier alpha value is -2.07. The lowest BCUT2D eigenvalue weighted by Crippen LogP contribution is -2.16. The van der Waals surface area contributed by atoms with E-state index in [1.807, 2.05) is 0 Å². The SMILES string of the molecule is Cc1cc(O)ccc1NC(=O)Cc1c(F)cccc1Cl. The second kappa shape index (κ2) is 5.92. The Balaban J connectivity index is 2.13. The van der Waals surface area contributed by atoms with Gasteiger partial charge in [0.2, 0.25) is 5.91 Å². The van der Waals surface area contributed by atoms with Crippen molar-refractivity contribution in [2.75, 3.05) is 5.32 Å². The number of aromatic hydroxyl groups is 1. The topological polar surface area (TPSA) is 49.3 Å². The number of phenolic OH excluding ortho intramolecular Hbond substituents is 1. The van der Waals surface area contributed by atoms with Crippen LogP contribution in [0.3, 0.4) is 0 Å². The van der Waals surface area contributed by atoms with Gasteiger partial charge in [0.05, 0.1) is 6.42 Å². The van der Waals surface area contributed by atoms with Gasteiger partial charge in [0, 0.05) is 16.3 Å². The maximum absolute atomic E-state index is 13.6. The molecule has 104 valence electrons. The molecule has 0 aliphatic carbocycles. The standard InChI is InChI=1S/C15H13ClFNO2/c1-9-7-10(19)5-6-14(9)18-15(20)8-11-12(16)3-2-4-13(11)17/h2-7,19H,8H2,1H3,(H,18,20). The molecule has 0 unspecified atom stereocenters. The van der Waals surface area contributed by atoms with E-state index in [-0.39, 0.29) is 28.7 Å². The van der Waals surface area contributed by atoms with Gasteiger partial charge in [-0.1, -0.05) is 17.7 Å². The molecule has 0 saturated heterocycles. The molecule has 0 heterocycles. The molecule has 20 heavy (non-hydrogen) atoms. The minimum absolute atomic E-state index is 0.123. The summed E-state index contributed by atoms with van der Waals surface area (Å²) in [6.45, 7) is 1.76. The first kappa shape index (κ1) is 14.3. The first-order valence-electron chi connectivity index (χ1n) is 5.99. The molecule has 0 bridgehead atoms. The second-order valence-corrected chi connectivity index (χ2v) is 4.83. The zero-order chi connectivity index (χ0) is 14.7. The molecule has 3 nitrogen and oxygen atoms in total. The molecule has 2 N–H and O–H groups in total. The number of nitrogens with one attached hydrogen (secondary N) is 1. The number of benzene rings is 2. The third-order valence-corrected chi connectivity index (χ3v) is 3.24. The molecular formula is C15H13ClFNO2. The van der Waals surface area contributed by atoms with Crippen LogP contribution in [0.1, 0.15) is 11.1 Å². The van der Waals surface area contributed by atoms with Gasteiger partial charge in [-0.25, -0.2) is 4.39 Å². The zero-order valence-electron chi connectivity index (χ0n) is 10.8. The van der Waals surface area contributed by atoms with Gasteiger partial charge < -0.3 is 10.4 Å². The second-order valence-electron chi connectivity index (χ2n) is 4.42. The van der Waals surface area contributed by atoms with Crippen molar-refractivity contribution in [2.24, 2.45) is 0 Å². The van der Waals surface area contributed by atoms with E-state index in [1.54, 1.807) is 19.1 Å². The minimum atomic E-state index is -0.505. The molecule has 0 spiro atoms. The number of halogens is 2. The van der Waals surface area contributed by atoms with Gasteiger partial charge in [-0.05, 0) is 42.8 Å². The lowest BCUT2D eigenvalue weighted by atomic mass is 10.1. The van der Waals surface area contributed by atoms with Crippen LogP contribution in [-0.2, 0) is 11.2 Å². The largest absolute Gasteiger partial charge is 0.508 e. The maximum Gasteiger partial charge on any atom is 0.228 e. The summed E-state index contributed by atoms with van der Waals surface area (Å²) in [5, 5.41) is 12.2. The molecule has 0 aliphatic rings. The number of hydrogen-bond acceptors (Lipinski definition) is 2. The molecule has 1 amide bonds. The summed E-state index contributed by atoms with van der Waals surface area (Å²) in [7, 11) is 0. The van der Waals surface area contributed by atoms with Gasteiger partial charge in [0.25, 0.3) is 0 Å². The number of anilines is 1. The van der Waals surface area contributed by atoms with Crippen molar-refractivity contribution < 1.29 is 14.3 Å². The number of rotatable bonds is 3. The predicted molar refractivity (Wildman–Crippen MR) is 76.6 cm³/mol. The number of carbonyl (C=O) groups excluding carboxylic acids is 1. The monoisotopic (exact) mass is 293 g/mol. The summed E-state index contributed by atoms with van der Waals surface area (Å²) >= 11 is 5.88. The van der Waals surface area contributed by atoms with Crippen molar-refractivity contribution in [1.82, 2.24) is 0 Å². The third-order valence-electron chi connectivity index (χ3n) is 2.88. The Morgan fingerprint density at radius 1 is 1.35 bits per heavy atom. The summed E-state index contributed by atoms with van der Waals surface area (Å²) in [6, 6.07) is 8.89. The van der Waals surface area contributed by atoms with E-state index in [0.717, 1.165) is 5.56 Å². The van der Waals surface area contributed by atoms with Crippen LogP contribution < -0.4 is 5.32 Å². The first-order valence-corrected chi connectivity index (χ1v) is 6.37. The van der Waals surface area contributed by atoms with Crippen LogP contribution in [0.2, 0.25) is 5.02 Å². The summed E-state index contributed by atoms with van der Waals surface area (Å²) in [5.74, 6) is -0.751.